The van der Waals surface area contributed by atoms with Gasteiger partial charge in [-0.2, -0.15) is 0 Å². The topological polar surface area (TPSA) is 41.6 Å². The van der Waals surface area contributed by atoms with Gasteiger partial charge in [0.25, 0.3) is 0 Å². The van der Waals surface area contributed by atoms with Crippen molar-refractivity contribution in [3.8, 4) is 5.75 Å². The van der Waals surface area contributed by atoms with E-state index in [0.29, 0.717) is 24.9 Å². The van der Waals surface area contributed by atoms with E-state index < -0.39 is 0 Å². The zero-order chi connectivity index (χ0) is 16.5. The van der Waals surface area contributed by atoms with Crippen molar-refractivity contribution in [3.05, 3.63) is 29.8 Å². The van der Waals surface area contributed by atoms with Crippen LogP contribution < -0.4 is 10.1 Å². The van der Waals surface area contributed by atoms with Crippen molar-refractivity contribution >= 4 is 5.91 Å². The van der Waals surface area contributed by atoms with E-state index in [2.05, 4.69) is 18.3 Å². The molecule has 23 heavy (non-hydrogen) atoms. The van der Waals surface area contributed by atoms with E-state index >= 15 is 0 Å². The first-order valence-electron chi connectivity index (χ1n) is 8.81. The van der Waals surface area contributed by atoms with Gasteiger partial charge >= 0.3 is 0 Å². The van der Waals surface area contributed by atoms with Crippen molar-refractivity contribution in [3.63, 3.8) is 0 Å². The molecule has 1 aromatic carbocycles. The van der Waals surface area contributed by atoms with Crippen LogP contribution in [0.5, 0.6) is 5.75 Å². The Morgan fingerprint density at radius 1 is 1.39 bits per heavy atom. The lowest BCUT2D eigenvalue weighted by atomic mass is 9.97. The van der Waals surface area contributed by atoms with Gasteiger partial charge in [-0.1, -0.05) is 12.1 Å². The number of hydrogen-bond donors (Lipinski definition) is 1. The Balaban J connectivity index is 1.61. The van der Waals surface area contributed by atoms with Crippen molar-refractivity contribution in [2.45, 2.75) is 39.0 Å². The van der Waals surface area contributed by atoms with Gasteiger partial charge in [0.05, 0.1) is 6.61 Å². The Morgan fingerprint density at radius 2 is 2.26 bits per heavy atom. The number of amides is 1. The summed E-state index contributed by atoms with van der Waals surface area (Å²) in [4.78, 5) is 14.3. The summed E-state index contributed by atoms with van der Waals surface area (Å²) in [5.74, 6) is 1.84. The number of ether oxygens (including phenoxy) is 1. The molecule has 0 saturated carbocycles. The van der Waals surface area contributed by atoms with E-state index in [1.165, 1.54) is 12.0 Å². The summed E-state index contributed by atoms with van der Waals surface area (Å²) >= 11 is 0. The number of carbonyl (C=O) groups excluding carboxylic acids is 1. The Bertz CT molecular complexity index is 488. The summed E-state index contributed by atoms with van der Waals surface area (Å²) in [5.41, 5.74) is 1.21. The molecule has 2 rings (SSSR count). The van der Waals surface area contributed by atoms with Crippen LogP contribution in [0.25, 0.3) is 0 Å². The maximum Gasteiger partial charge on any atom is 0.222 e. The maximum absolute atomic E-state index is 12.3. The standard InChI is InChI=1S/C19H30N2O2/c1-16-7-5-9-18(13-16)23-12-4-3-10-19(22)21-11-6-8-17(15-21)14-20-2/h5,7,9,13,17,20H,3-4,6,8,10-12,14-15H2,1-2H3. The second-order valence-electron chi connectivity index (χ2n) is 6.53. The summed E-state index contributed by atoms with van der Waals surface area (Å²) in [7, 11) is 1.98. The van der Waals surface area contributed by atoms with E-state index in [4.69, 9.17) is 4.74 Å². The molecule has 0 bridgehead atoms. The molecule has 0 spiro atoms. The molecular weight excluding hydrogens is 288 g/mol. The third kappa shape index (κ3) is 6.22. The first-order valence-corrected chi connectivity index (χ1v) is 8.81. The van der Waals surface area contributed by atoms with Crippen LogP contribution in [0.15, 0.2) is 24.3 Å². The van der Waals surface area contributed by atoms with Gasteiger partial charge in [0.1, 0.15) is 5.75 Å². The summed E-state index contributed by atoms with van der Waals surface area (Å²) in [6.45, 7) is 5.59. The first kappa shape index (κ1) is 17.8. The Morgan fingerprint density at radius 3 is 3.04 bits per heavy atom. The molecule has 128 valence electrons. The molecule has 1 N–H and O–H groups in total. The van der Waals surface area contributed by atoms with E-state index in [1.807, 2.05) is 30.1 Å². The quantitative estimate of drug-likeness (QED) is 0.749. The van der Waals surface area contributed by atoms with Crippen LogP contribution in [0.4, 0.5) is 0 Å². The molecule has 0 aliphatic carbocycles. The molecule has 1 aromatic rings. The Labute approximate surface area is 140 Å². The van der Waals surface area contributed by atoms with Crippen molar-refractivity contribution in [2.75, 3.05) is 33.3 Å². The molecule has 1 heterocycles. The van der Waals surface area contributed by atoms with E-state index in [0.717, 1.165) is 44.6 Å². The molecule has 1 aliphatic heterocycles. The fourth-order valence-electron chi connectivity index (χ4n) is 3.18. The highest BCUT2D eigenvalue weighted by Gasteiger charge is 2.22. The zero-order valence-electron chi connectivity index (χ0n) is 14.5. The van der Waals surface area contributed by atoms with E-state index in [9.17, 15) is 4.79 Å². The zero-order valence-corrected chi connectivity index (χ0v) is 14.5. The molecule has 1 unspecified atom stereocenters. The Kier molecular flexibility index (Phi) is 7.40. The number of benzene rings is 1. The minimum absolute atomic E-state index is 0.307. The molecule has 1 amide bonds. The van der Waals surface area contributed by atoms with Crippen LogP contribution in [-0.4, -0.2) is 44.1 Å². The number of unbranched alkanes of at least 4 members (excludes halogenated alkanes) is 1. The van der Waals surface area contributed by atoms with E-state index in [-0.39, 0.29) is 0 Å². The smallest absolute Gasteiger partial charge is 0.222 e. The van der Waals surface area contributed by atoms with Crippen molar-refractivity contribution in [1.82, 2.24) is 10.2 Å². The number of piperidine rings is 1. The molecular formula is C19H30N2O2. The second kappa shape index (κ2) is 9.56. The van der Waals surface area contributed by atoms with Gasteiger partial charge in [0.2, 0.25) is 5.91 Å². The van der Waals surface area contributed by atoms with Crippen LogP contribution >= 0.6 is 0 Å². The average molecular weight is 318 g/mol. The highest BCUT2D eigenvalue weighted by molar-refractivity contribution is 5.76. The normalized spacial score (nSPS) is 18.0. The number of hydrogen-bond acceptors (Lipinski definition) is 3. The molecule has 1 aliphatic rings. The number of likely N-dealkylation sites (tertiary alicyclic amines) is 1. The number of nitrogens with zero attached hydrogens (tertiary/aromatic N) is 1. The van der Waals surface area contributed by atoms with Crippen molar-refractivity contribution in [2.24, 2.45) is 5.92 Å². The van der Waals surface area contributed by atoms with Crippen LogP contribution in [0.1, 0.15) is 37.7 Å². The molecule has 1 fully saturated rings. The predicted octanol–water partition coefficient (Wildman–Crippen LogP) is 3.00. The van der Waals surface area contributed by atoms with Gasteiger partial charge in [-0.25, -0.2) is 0 Å². The molecule has 1 atom stereocenters. The average Bonchev–Trinajstić information content (AvgIpc) is 2.55. The Hall–Kier alpha value is -1.55. The third-order valence-electron chi connectivity index (χ3n) is 4.41. The van der Waals surface area contributed by atoms with Crippen LogP contribution in [0.2, 0.25) is 0 Å². The molecule has 0 radical (unpaired) electrons. The molecule has 4 nitrogen and oxygen atoms in total. The minimum Gasteiger partial charge on any atom is -0.494 e. The highest BCUT2D eigenvalue weighted by atomic mass is 16.5. The molecule has 0 aromatic heterocycles. The van der Waals surface area contributed by atoms with Crippen LogP contribution in [0, 0.1) is 12.8 Å². The van der Waals surface area contributed by atoms with Gasteiger partial charge in [-0.15, -0.1) is 0 Å². The van der Waals surface area contributed by atoms with Crippen molar-refractivity contribution in [1.29, 1.82) is 0 Å². The van der Waals surface area contributed by atoms with Crippen molar-refractivity contribution < 1.29 is 9.53 Å². The monoisotopic (exact) mass is 318 g/mol. The van der Waals surface area contributed by atoms with Gasteiger partial charge in [0.15, 0.2) is 0 Å². The number of rotatable bonds is 8. The van der Waals surface area contributed by atoms with Gasteiger partial charge in [-0.05, 0) is 69.8 Å². The third-order valence-corrected chi connectivity index (χ3v) is 4.41. The first-order chi connectivity index (χ1) is 11.2. The second-order valence-corrected chi connectivity index (χ2v) is 6.53. The largest absolute Gasteiger partial charge is 0.494 e. The SMILES string of the molecule is CNCC1CCCN(C(=O)CCCCOc2cccc(C)c2)C1. The summed E-state index contributed by atoms with van der Waals surface area (Å²) in [5, 5.41) is 3.22. The summed E-state index contributed by atoms with van der Waals surface area (Å²) < 4.78 is 5.73. The lowest BCUT2D eigenvalue weighted by Gasteiger charge is -2.32. The number of nitrogens with one attached hydrogen (secondary N) is 1. The number of carbonyl (C=O) groups is 1. The fraction of sp³-hybridized carbons (Fsp3) is 0.632. The summed E-state index contributed by atoms with van der Waals surface area (Å²) in [6.07, 6.45) is 4.83. The lowest BCUT2D eigenvalue weighted by Crippen LogP contribution is -2.42. The maximum atomic E-state index is 12.3. The highest BCUT2D eigenvalue weighted by Crippen LogP contribution is 2.17. The fourth-order valence-corrected chi connectivity index (χ4v) is 3.18. The van der Waals surface area contributed by atoms with Crippen LogP contribution in [0.3, 0.4) is 0 Å². The molecule has 4 heteroatoms. The predicted molar refractivity (Wildman–Crippen MR) is 93.8 cm³/mol. The van der Waals surface area contributed by atoms with Gasteiger partial charge in [0, 0.05) is 19.5 Å². The summed E-state index contributed by atoms with van der Waals surface area (Å²) in [6, 6.07) is 8.09. The minimum atomic E-state index is 0.307. The van der Waals surface area contributed by atoms with E-state index in [1.54, 1.807) is 0 Å². The van der Waals surface area contributed by atoms with Crippen LogP contribution in [-0.2, 0) is 4.79 Å². The number of aryl methyl sites for hydroxylation is 1. The van der Waals surface area contributed by atoms with Gasteiger partial charge in [-0.3, -0.25) is 4.79 Å². The molecule has 1 saturated heterocycles. The van der Waals surface area contributed by atoms with Gasteiger partial charge < -0.3 is 15.0 Å². The lowest BCUT2D eigenvalue weighted by molar-refractivity contribution is -0.133.